The minimum Gasteiger partial charge on any atom is -0.338 e. The molecule has 2 aromatic carbocycles. The lowest BCUT2D eigenvalue weighted by Crippen LogP contribution is -2.31. The molecule has 0 radical (unpaired) electrons. The first-order valence-corrected chi connectivity index (χ1v) is 7.34. The Morgan fingerprint density at radius 3 is 2.38 bits per heavy atom. The maximum atomic E-state index is 13.3. The number of amides is 1. The van der Waals surface area contributed by atoms with Gasteiger partial charge in [0.25, 0.3) is 5.91 Å². The van der Waals surface area contributed by atoms with Crippen molar-refractivity contribution in [3.05, 3.63) is 89.5 Å². The number of halogens is 2. The van der Waals surface area contributed by atoms with Crippen LogP contribution in [-0.4, -0.2) is 15.5 Å². The first-order chi connectivity index (χ1) is 11.5. The molecular formula is C18H15F2N3O. The van der Waals surface area contributed by atoms with E-state index in [0.717, 1.165) is 23.8 Å². The molecule has 0 bridgehead atoms. The van der Waals surface area contributed by atoms with Crippen LogP contribution >= 0.6 is 0 Å². The highest BCUT2D eigenvalue weighted by Gasteiger charge is 2.21. The highest BCUT2D eigenvalue weighted by molar-refractivity contribution is 5.94. The molecule has 4 nitrogen and oxygen atoms in total. The molecule has 3 rings (SSSR count). The Morgan fingerprint density at radius 2 is 1.79 bits per heavy atom. The molecule has 24 heavy (non-hydrogen) atoms. The highest BCUT2D eigenvalue weighted by Crippen LogP contribution is 2.21. The molecule has 0 unspecified atom stereocenters. The van der Waals surface area contributed by atoms with Crippen molar-refractivity contribution in [2.75, 3.05) is 0 Å². The van der Waals surface area contributed by atoms with E-state index in [9.17, 15) is 13.6 Å². The second-order valence-corrected chi connectivity index (χ2v) is 5.37. The molecule has 0 aliphatic rings. The van der Waals surface area contributed by atoms with Crippen LogP contribution in [0.1, 0.15) is 27.8 Å². The van der Waals surface area contributed by atoms with Gasteiger partial charge in [0, 0.05) is 31.1 Å². The van der Waals surface area contributed by atoms with Gasteiger partial charge in [-0.1, -0.05) is 30.3 Å². The van der Waals surface area contributed by atoms with Gasteiger partial charge in [-0.05, 0) is 17.7 Å². The van der Waals surface area contributed by atoms with Gasteiger partial charge in [0.1, 0.15) is 23.5 Å². The van der Waals surface area contributed by atoms with Crippen LogP contribution in [-0.2, 0) is 7.05 Å². The van der Waals surface area contributed by atoms with Gasteiger partial charge in [-0.2, -0.15) is 0 Å². The van der Waals surface area contributed by atoms with Crippen molar-refractivity contribution in [3.63, 3.8) is 0 Å². The first kappa shape index (κ1) is 15.9. The number of rotatable bonds is 4. The van der Waals surface area contributed by atoms with Crippen molar-refractivity contribution >= 4 is 5.91 Å². The smallest absolute Gasteiger partial charge is 0.252 e. The van der Waals surface area contributed by atoms with E-state index in [1.165, 1.54) is 0 Å². The van der Waals surface area contributed by atoms with Gasteiger partial charge in [-0.25, -0.2) is 13.8 Å². The third-order valence-corrected chi connectivity index (χ3v) is 3.65. The van der Waals surface area contributed by atoms with Crippen molar-refractivity contribution in [2.24, 2.45) is 7.05 Å². The molecule has 122 valence electrons. The number of nitrogens with zero attached hydrogens (tertiary/aromatic N) is 2. The van der Waals surface area contributed by atoms with E-state index in [4.69, 9.17) is 0 Å². The Balaban J connectivity index is 1.95. The molecule has 0 aliphatic carbocycles. The molecule has 1 amide bonds. The second kappa shape index (κ2) is 6.62. The van der Waals surface area contributed by atoms with Crippen molar-refractivity contribution in [1.29, 1.82) is 0 Å². The number of aryl methyl sites for hydroxylation is 1. The number of carbonyl (C=O) groups is 1. The molecule has 0 fully saturated rings. The molecule has 1 aromatic heterocycles. The van der Waals surface area contributed by atoms with E-state index in [1.54, 1.807) is 17.0 Å². The lowest BCUT2D eigenvalue weighted by Gasteiger charge is -2.19. The minimum absolute atomic E-state index is 0.0809. The zero-order valence-electron chi connectivity index (χ0n) is 12.9. The van der Waals surface area contributed by atoms with Gasteiger partial charge in [0.05, 0.1) is 0 Å². The Bertz CT molecular complexity index is 841. The fourth-order valence-corrected chi connectivity index (χ4v) is 2.50. The SMILES string of the molecule is Cn1ccnc1[C@H](NC(=O)c1cc(F)cc(F)c1)c1ccccc1. The van der Waals surface area contributed by atoms with Crippen LogP contribution in [0.4, 0.5) is 8.78 Å². The summed E-state index contributed by atoms with van der Waals surface area (Å²) < 4.78 is 28.5. The van der Waals surface area contributed by atoms with E-state index in [-0.39, 0.29) is 5.56 Å². The van der Waals surface area contributed by atoms with Crippen LogP contribution in [0.15, 0.2) is 60.9 Å². The Hall–Kier alpha value is -3.02. The summed E-state index contributed by atoms with van der Waals surface area (Å²) in [6, 6.07) is 11.4. The molecule has 1 atom stereocenters. The summed E-state index contributed by atoms with van der Waals surface area (Å²) in [5.41, 5.74) is 0.736. The fraction of sp³-hybridized carbons (Fsp3) is 0.111. The van der Waals surface area contributed by atoms with Crippen LogP contribution in [0.3, 0.4) is 0 Å². The topological polar surface area (TPSA) is 46.9 Å². The van der Waals surface area contributed by atoms with Crippen LogP contribution in [0.5, 0.6) is 0 Å². The fourth-order valence-electron chi connectivity index (χ4n) is 2.50. The van der Waals surface area contributed by atoms with Crippen molar-refractivity contribution in [2.45, 2.75) is 6.04 Å². The maximum absolute atomic E-state index is 13.3. The van der Waals surface area contributed by atoms with Crippen molar-refractivity contribution in [3.8, 4) is 0 Å². The summed E-state index contributed by atoms with van der Waals surface area (Å²) in [6.45, 7) is 0. The molecule has 0 saturated carbocycles. The van der Waals surface area contributed by atoms with Crippen LogP contribution in [0.2, 0.25) is 0 Å². The maximum Gasteiger partial charge on any atom is 0.252 e. The van der Waals surface area contributed by atoms with Gasteiger partial charge in [0.15, 0.2) is 0 Å². The number of nitrogens with one attached hydrogen (secondary N) is 1. The molecule has 1 heterocycles. The normalized spacial score (nSPS) is 12.0. The average molecular weight is 327 g/mol. The molecular weight excluding hydrogens is 312 g/mol. The highest BCUT2D eigenvalue weighted by atomic mass is 19.1. The van der Waals surface area contributed by atoms with Crippen molar-refractivity contribution < 1.29 is 13.6 Å². The molecule has 6 heteroatoms. The summed E-state index contributed by atoms with van der Waals surface area (Å²) in [7, 11) is 1.81. The summed E-state index contributed by atoms with van der Waals surface area (Å²) in [5, 5.41) is 2.79. The van der Waals surface area contributed by atoms with Gasteiger partial charge in [0.2, 0.25) is 0 Å². The van der Waals surface area contributed by atoms with Crippen molar-refractivity contribution in [1.82, 2.24) is 14.9 Å². The average Bonchev–Trinajstić information content (AvgIpc) is 2.98. The number of carbonyl (C=O) groups excluding carboxylic acids is 1. The largest absolute Gasteiger partial charge is 0.338 e. The third kappa shape index (κ3) is 3.32. The summed E-state index contributed by atoms with van der Waals surface area (Å²) in [6.07, 6.45) is 3.39. The predicted molar refractivity (Wildman–Crippen MR) is 85.3 cm³/mol. The van der Waals surface area contributed by atoms with Gasteiger partial charge in [-0.3, -0.25) is 4.79 Å². The van der Waals surface area contributed by atoms with E-state index >= 15 is 0 Å². The Morgan fingerprint density at radius 1 is 1.12 bits per heavy atom. The predicted octanol–water partition coefficient (Wildman–Crippen LogP) is 3.22. The number of benzene rings is 2. The molecule has 1 N–H and O–H groups in total. The van der Waals surface area contributed by atoms with E-state index in [1.807, 2.05) is 37.4 Å². The lowest BCUT2D eigenvalue weighted by atomic mass is 10.1. The zero-order chi connectivity index (χ0) is 17.1. The zero-order valence-corrected chi connectivity index (χ0v) is 12.9. The molecule has 3 aromatic rings. The number of imidazole rings is 1. The van der Waals surface area contributed by atoms with Crippen LogP contribution < -0.4 is 5.32 Å². The second-order valence-electron chi connectivity index (χ2n) is 5.37. The van der Waals surface area contributed by atoms with E-state index in [0.29, 0.717) is 5.82 Å². The van der Waals surface area contributed by atoms with Gasteiger partial charge in [-0.15, -0.1) is 0 Å². The van der Waals surface area contributed by atoms with Crippen LogP contribution in [0.25, 0.3) is 0 Å². The Kier molecular flexibility index (Phi) is 4.37. The van der Waals surface area contributed by atoms with E-state index < -0.39 is 23.6 Å². The van der Waals surface area contributed by atoms with E-state index in [2.05, 4.69) is 10.3 Å². The summed E-state index contributed by atoms with van der Waals surface area (Å²) in [5.74, 6) is -1.56. The number of hydrogen-bond donors (Lipinski definition) is 1. The third-order valence-electron chi connectivity index (χ3n) is 3.65. The molecule has 0 saturated heterocycles. The number of aromatic nitrogens is 2. The first-order valence-electron chi connectivity index (χ1n) is 7.34. The van der Waals surface area contributed by atoms with Gasteiger partial charge >= 0.3 is 0 Å². The lowest BCUT2D eigenvalue weighted by molar-refractivity contribution is 0.0940. The Labute approximate surface area is 137 Å². The standard InChI is InChI=1S/C18H15F2N3O/c1-23-8-7-21-17(23)16(12-5-3-2-4-6-12)22-18(24)13-9-14(19)11-15(20)10-13/h2-11,16H,1H3,(H,22,24)/t16-/m1/s1. The monoisotopic (exact) mass is 327 g/mol. The van der Waals surface area contributed by atoms with Gasteiger partial charge < -0.3 is 9.88 Å². The quantitative estimate of drug-likeness (QED) is 0.800. The summed E-state index contributed by atoms with van der Waals surface area (Å²) in [4.78, 5) is 16.7. The minimum atomic E-state index is -0.798. The number of hydrogen-bond acceptors (Lipinski definition) is 2. The summed E-state index contributed by atoms with van der Waals surface area (Å²) >= 11 is 0. The molecule has 0 aliphatic heterocycles. The molecule has 0 spiro atoms. The van der Waals surface area contributed by atoms with Crippen LogP contribution in [0, 0.1) is 11.6 Å².